The number of amides is 1. The van der Waals surface area contributed by atoms with Crippen molar-refractivity contribution in [2.75, 3.05) is 10.6 Å². The van der Waals surface area contributed by atoms with Crippen LogP contribution < -0.4 is 10.6 Å². The quantitative estimate of drug-likeness (QED) is 0.787. The normalized spacial score (nSPS) is 10.6. The molecule has 0 radical (unpaired) electrons. The minimum absolute atomic E-state index is 0.00195. The summed E-state index contributed by atoms with van der Waals surface area (Å²) in [6.07, 6.45) is 0. The third-order valence-corrected chi connectivity index (χ3v) is 3.74. The van der Waals surface area contributed by atoms with E-state index in [2.05, 4.69) is 10.6 Å². The van der Waals surface area contributed by atoms with E-state index in [1.807, 2.05) is 50.2 Å². The molecule has 2 rings (SSSR count). The summed E-state index contributed by atoms with van der Waals surface area (Å²) < 4.78 is 0. The van der Waals surface area contributed by atoms with Gasteiger partial charge in [-0.05, 0) is 35.9 Å². The second-order valence-corrected chi connectivity index (χ2v) is 6.16. The van der Waals surface area contributed by atoms with E-state index in [0.717, 1.165) is 16.9 Å². The van der Waals surface area contributed by atoms with Gasteiger partial charge in [0.05, 0.1) is 0 Å². The minimum atomic E-state index is -0.0514. The number of rotatable bonds is 5. The zero-order chi connectivity index (χ0) is 16.1. The van der Waals surface area contributed by atoms with Gasteiger partial charge in [-0.3, -0.25) is 4.79 Å². The largest absolute Gasteiger partial charge is 0.381 e. The van der Waals surface area contributed by atoms with E-state index in [-0.39, 0.29) is 11.8 Å². The molecule has 0 aliphatic rings. The van der Waals surface area contributed by atoms with Crippen LogP contribution in [0.1, 0.15) is 19.4 Å². The van der Waals surface area contributed by atoms with Crippen LogP contribution in [0.25, 0.3) is 0 Å². The van der Waals surface area contributed by atoms with Crippen molar-refractivity contribution < 1.29 is 4.79 Å². The molecule has 2 N–H and O–H groups in total. The van der Waals surface area contributed by atoms with Gasteiger partial charge in [0.15, 0.2) is 0 Å². The molecule has 0 aromatic heterocycles. The van der Waals surface area contributed by atoms with Gasteiger partial charge < -0.3 is 10.6 Å². The van der Waals surface area contributed by atoms with Crippen LogP contribution in [0.4, 0.5) is 11.4 Å². The van der Waals surface area contributed by atoms with E-state index < -0.39 is 0 Å². The number of hydrogen-bond donors (Lipinski definition) is 2. The Bertz CT molecular complexity index is 671. The first-order valence-electron chi connectivity index (χ1n) is 7.04. The lowest BCUT2D eigenvalue weighted by Crippen LogP contribution is -2.17. The maximum Gasteiger partial charge on any atom is 0.226 e. The van der Waals surface area contributed by atoms with Gasteiger partial charge in [-0.25, -0.2) is 0 Å². The fourth-order valence-corrected chi connectivity index (χ4v) is 2.33. The molecule has 0 fully saturated rings. The maximum atomic E-state index is 11.7. The van der Waals surface area contributed by atoms with Crippen molar-refractivity contribution in [2.45, 2.75) is 20.4 Å². The summed E-state index contributed by atoms with van der Waals surface area (Å²) in [5, 5.41) is 7.41. The number of nitrogens with one attached hydrogen (secondary N) is 2. The number of carbonyl (C=O) groups is 1. The Labute approximate surface area is 140 Å². The highest BCUT2D eigenvalue weighted by Crippen LogP contribution is 2.23. The van der Waals surface area contributed by atoms with Crippen LogP contribution in [0.5, 0.6) is 0 Å². The average molecular weight is 337 g/mol. The van der Waals surface area contributed by atoms with Crippen LogP contribution in [0, 0.1) is 5.92 Å². The Morgan fingerprint density at radius 3 is 2.50 bits per heavy atom. The van der Waals surface area contributed by atoms with Crippen LogP contribution in [0.15, 0.2) is 42.5 Å². The molecule has 2 aromatic rings. The predicted octanol–water partition coefficient (Wildman–Crippen LogP) is 5.20. The molecular weight excluding hydrogens is 319 g/mol. The fourth-order valence-electron chi connectivity index (χ4n) is 1.86. The summed E-state index contributed by atoms with van der Waals surface area (Å²) in [6.45, 7) is 4.30. The molecule has 0 spiro atoms. The highest BCUT2D eigenvalue weighted by atomic mass is 35.5. The van der Waals surface area contributed by atoms with Gasteiger partial charge in [-0.1, -0.05) is 49.2 Å². The summed E-state index contributed by atoms with van der Waals surface area (Å²) in [5.41, 5.74) is 2.64. The van der Waals surface area contributed by atoms with E-state index in [4.69, 9.17) is 23.2 Å². The Hall–Kier alpha value is -1.71. The van der Waals surface area contributed by atoms with Crippen LogP contribution in [0.2, 0.25) is 10.0 Å². The van der Waals surface area contributed by atoms with Crippen molar-refractivity contribution in [3.05, 3.63) is 58.1 Å². The molecule has 0 atom stereocenters. The minimum Gasteiger partial charge on any atom is -0.381 e. The Balaban J connectivity index is 2.02. The number of halogens is 2. The number of benzene rings is 2. The standard InChI is InChI=1S/C17H18Cl2N2O/c1-11(2)17(22)21-15-5-3-4-14(9-15)20-10-12-6-7-13(18)8-16(12)19/h3-9,11,20H,10H2,1-2H3,(H,21,22). The molecule has 22 heavy (non-hydrogen) atoms. The lowest BCUT2D eigenvalue weighted by Gasteiger charge is -2.11. The molecule has 0 aliphatic carbocycles. The summed E-state index contributed by atoms with van der Waals surface area (Å²) in [4.78, 5) is 11.7. The molecule has 5 heteroatoms. The molecule has 0 saturated heterocycles. The average Bonchev–Trinajstić information content (AvgIpc) is 2.46. The van der Waals surface area contributed by atoms with Crippen molar-refractivity contribution in [3.63, 3.8) is 0 Å². The van der Waals surface area contributed by atoms with Crippen LogP contribution in [0.3, 0.4) is 0 Å². The van der Waals surface area contributed by atoms with Gasteiger partial charge in [0, 0.05) is 33.9 Å². The van der Waals surface area contributed by atoms with E-state index in [1.165, 1.54) is 0 Å². The van der Waals surface area contributed by atoms with E-state index >= 15 is 0 Å². The van der Waals surface area contributed by atoms with Crippen LogP contribution in [-0.4, -0.2) is 5.91 Å². The molecule has 2 aromatic carbocycles. The molecule has 0 unspecified atom stereocenters. The van der Waals surface area contributed by atoms with Gasteiger partial charge in [0.1, 0.15) is 0 Å². The third kappa shape index (κ3) is 4.65. The summed E-state index contributed by atoms with van der Waals surface area (Å²) in [7, 11) is 0. The van der Waals surface area contributed by atoms with Crippen LogP contribution >= 0.6 is 23.2 Å². The highest BCUT2D eigenvalue weighted by Gasteiger charge is 2.07. The Kier molecular flexibility index (Phi) is 5.69. The van der Waals surface area contributed by atoms with Crippen molar-refractivity contribution in [3.8, 4) is 0 Å². The number of carbonyl (C=O) groups excluding carboxylic acids is 1. The first-order chi connectivity index (χ1) is 10.5. The molecule has 0 bridgehead atoms. The first-order valence-corrected chi connectivity index (χ1v) is 7.80. The molecule has 0 saturated carbocycles. The van der Waals surface area contributed by atoms with Crippen LogP contribution in [-0.2, 0) is 11.3 Å². The zero-order valence-electron chi connectivity index (χ0n) is 12.5. The lowest BCUT2D eigenvalue weighted by atomic mass is 10.2. The SMILES string of the molecule is CC(C)C(=O)Nc1cccc(NCc2ccc(Cl)cc2Cl)c1. The summed E-state index contributed by atoms with van der Waals surface area (Å²) in [6, 6.07) is 13.0. The smallest absolute Gasteiger partial charge is 0.226 e. The number of anilines is 2. The van der Waals surface area contributed by atoms with Crippen molar-refractivity contribution >= 4 is 40.5 Å². The third-order valence-electron chi connectivity index (χ3n) is 3.15. The topological polar surface area (TPSA) is 41.1 Å². The monoisotopic (exact) mass is 336 g/mol. The zero-order valence-corrected chi connectivity index (χ0v) is 14.0. The van der Waals surface area contributed by atoms with Crippen molar-refractivity contribution in [2.24, 2.45) is 5.92 Å². The van der Waals surface area contributed by atoms with Crippen molar-refractivity contribution in [1.82, 2.24) is 0 Å². The second kappa shape index (κ2) is 7.52. The molecule has 3 nitrogen and oxygen atoms in total. The van der Waals surface area contributed by atoms with E-state index in [1.54, 1.807) is 6.07 Å². The Morgan fingerprint density at radius 2 is 1.82 bits per heavy atom. The van der Waals surface area contributed by atoms with Gasteiger partial charge in [-0.2, -0.15) is 0 Å². The predicted molar refractivity (Wildman–Crippen MR) is 93.7 cm³/mol. The van der Waals surface area contributed by atoms with E-state index in [0.29, 0.717) is 16.6 Å². The molecule has 1 amide bonds. The maximum absolute atomic E-state index is 11.7. The molecule has 0 aliphatic heterocycles. The van der Waals surface area contributed by atoms with Gasteiger partial charge in [-0.15, -0.1) is 0 Å². The van der Waals surface area contributed by atoms with E-state index in [9.17, 15) is 4.79 Å². The summed E-state index contributed by atoms with van der Waals surface area (Å²) >= 11 is 12.0. The second-order valence-electron chi connectivity index (χ2n) is 5.31. The Morgan fingerprint density at radius 1 is 1.09 bits per heavy atom. The fraction of sp³-hybridized carbons (Fsp3) is 0.235. The highest BCUT2D eigenvalue weighted by molar-refractivity contribution is 6.35. The molecule has 0 heterocycles. The number of hydrogen-bond acceptors (Lipinski definition) is 2. The lowest BCUT2D eigenvalue weighted by molar-refractivity contribution is -0.118. The van der Waals surface area contributed by atoms with Gasteiger partial charge >= 0.3 is 0 Å². The molecule has 116 valence electrons. The van der Waals surface area contributed by atoms with Gasteiger partial charge in [0.25, 0.3) is 0 Å². The molecular formula is C17H18Cl2N2O. The summed E-state index contributed by atoms with van der Waals surface area (Å²) in [5.74, 6) is -0.0533. The van der Waals surface area contributed by atoms with Gasteiger partial charge in [0.2, 0.25) is 5.91 Å². The van der Waals surface area contributed by atoms with Crippen molar-refractivity contribution in [1.29, 1.82) is 0 Å². The first kappa shape index (κ1) is 16.7.